The number of hydrogen-bond acceptors (Lipinski definition) is 4. The molecule has 1 aromatic rings. The average Bonchev–Trinajstić information content (AvgIpc) is 2.78. The van der Waals surface area contributed by atoms with E-state index in [-0.39, 0.29) is 0 Å². The van der Waals surface area contributed by atoms with E-state index in [4.69, 9.17) is 16.3 Å². The smallest absolute Gasteiger partial charge is 0.221 e. The summed E-state index contributed by atoms with van der Waals surface area (Å²) in [5, 5.41) is 0.480. The average molecular weight is 256 g/mol. The Kier molecular flexibility index (Phi) is 4.18. The molecule has 0 aromatic carbocycles. The van der Waals surface area contributed by atoms with Crippen molar-refractivity contribution in [3.8, 4) is 5.88 Å². The maximum Gasteiger partial charge on any atom is 0.221 e. The van der Waals surface area contributed by atoms with Crippen molar-refractivity contribution in [2.45, 2.75) is 26.7 Å². The quantitative estimate of drug-likeness (QED) is 0.774. The summed E-state index contributed by atoms with van der Waals surface area (Å²) in [6.45, 7) is 7.69. The fourth-order valence-corrected chi connectivity index (χ4v) is 2.19. The number of rotatable bonds is 4. The van der Waals surface area contributed by atoms with Gasteiger partial charge in [-0.2, -0.15) is 4.98 Å². The number of halogens is 1. The first-order valence-corrected chi connectivity index (χ1v) is 6.40. The van der Waals surface area contributed by atoms with Crippen LogP contribution in [0.3, 0.4) is 0 Å². The molecule has 0 bridgehead atoms. The van der Waals surface area contributed by atoms with E-state index in [0.717, 1.165) is 12.1 Å². The molecular formula is C12H18ClN3O. The molecule has 2 rings (SSSR count). The molecule has 17 heavy (non-hydrogen) atoms. The lowest BCUT2D eigenvalue weighted by atomic mass is 10.3. The van der Waals surface area contributed by atoms with Crippen molar-refractivity contribution < 1.29 is 4.74 Å². The zero-order valence-electron chi connectivity index (χ0n) is 10.4. The third kappa shape index (κ3) is 3.30. The number of hydrogen-bond donors (Lipinski definition) is 0. The molecule has 2 heterocycles. The van der Waals surface area contributed by atoms with Gasteiger partial charge in [-0.05, 0) is 39.8 Å². The molecule has 0 saturated carbocycles. The van der Waals surface area contributed by atoms with Crippen LogP contribution in [0.25, 0.3) is 0 Å². The van der Waals surface area contributed by atoms with Gasteiger partial charge < -0.3 is 4.74 Å². The highest BCUT2D eigenvalue weighted by Crippen LogP contribution is 2.21. The maximum atomic E-state index is 5.98. The molecule has 0 amide bonds. The molecule has 0 spiro atoms. The Balaban J connectivity index is 1.89. The van der Waals surface area contributed by atoms with E-state index < -0.39 is 0 Å². The van der Waals surface area contributed by atoms with Crippen LogP contribution in [0, 0.1) is 13.8 Å². The Morgan fingerprint density at radius 1 is 1.24 bits per heavy atom. The van der Waals surface area contributed by atoms with Gasteiger partial charge in [-0.25, -0.2) is 4.98 Å². The van der Waals surface area contributed by atoms with Gasteiger partial charge in [0.2, 0.25) is 5.88 Å². The minimum absolute atomic E-state index is 0.480. The summed E-state index contributed by atoms with van der Waals surface area (Å²) in [7, 11) is 0. The molecule has 0 atom stereocenters. The number of aromatic nitrogens is 2. The Labute approximate surface area is 107 Å². The summed E-state index contributed by atoms with van der Waals surface area (Å²) < 4.78 is 5.68. The van der Waals surface area contributed by atoms with E-state index in [9.17, 15) is 0 Å². The molecule has 0 unspecified atom stereocenters. The van der Waals surface area contributed by atoms with Gasteiger partial charge in [0, 0.05) is 12.1 Å². The lowest BCUT2D eigenvalue weighted by molar-refractivity contribution is 0.230. The van der Waals surface area contributed by atoms with Crippen molar-refractivity contribution >= 4 is 11.6 Å². The van der Waals surface area contributed by atoms with Gasteiger partial charge in [0.1, 0.15) is 17.6 Å². The van der Waals surface area contributed by atoms with Crippen LogP contribution in [0.5, 0.6) is 5.88 Å². The van der Waals surface area contributed by atoms with Crippen molar-refractivity contribution in [1.29, 1.82) is 0 Å². The van der Waals surface area contributed by atoms with Gasteiger partial charge in [-0.1, -0.05) is 11.6 Å². The SMILES string of the molecule is Cc1nc(Cl)c(C)c(OCCN2CCCC2)n1. The second kappa shape index (κ2) is 5.65. The highest BCUT2D eigenvalue weighted by atomic mass is 35.5. The molecule has 5 heteroatoms. The Bertz CT molecular complexity index is 392. The first-order chi connectivity index (χ1) is 8.16. The third-order valence-electron chi connectivity index (χ3n) is 3.00. The normalized spacial score (nSPS) is 16.4. The van der Waals surface area contributed by atoms with E-state index in [1.54, 1.807) is 0 Å². The van der Waals surface area contributed by atoms with Crippen LogP contribution in [0.15, 0.2) is 0 Å². The summed E-state index contributed by atoms with van der Waals surface area (Å²) in [4.78, 5) is 10.8. The zero-order valence-corrected chi connectivity index (χ0v) is 11.1. The van der Waals surface area contributed by atoms with E-state index in [1.807, 2.05) is 13.8 Å². The van der Waals surface area contributed by atoms with Gasteiger partial charge in [0.05, 0.1) is 0 Å². The summed E-state index contributed by atoms with van der Waals surface area (Å²) in [6.07, 6.45) is 2.61. The monoisotopic (exact) mass is 255 g/mol. The second-order valence-corrected chi connectivity index (χ2v) is 4.75. The van der Waals surface area contributed by atoms with E-state index in [1.165, 1.54) is 25.9 Å². The van der Waals surface area contributed by atoms with Crippen LogP contribution < -0.4 is 4.74 Å². The molecule has 1 fully saturated rings. The first-order valence-electron chi connectivity index (χ1n) is 6.02. The topological polar surface area (TPSA) is 38.2 Å². The molecule has 0 aliphatic carbocycles. The standard InChI is InChI=1S/C12H18ClN3O/c1-9-11(13)14-10(2)15-12(9)17-8-7-16-5-3-4-6-16/h3-8H2,1-2H3. The van der Waals surface area contributed by atoms with Crippen molar-refractivity contribution in [3.05, 3.63) is 16.5 Å². The van der Waals surface area contributed by atoms with E-state index in [2.05, 4.69) is 14.9 Å². The van der Waals surface area contributed by atoms with Crippen molar-refractivity contribution in [2.75, 3.05) is 26.2 Å². The minimum Gasteiger partial charge on any atom is -0.476 e. The van der Waals surface area contributed by atoms with Crippen LogP contribution >= 0.6 is 11.6 Å². The Morgan fingerprint density at radius 3 is 2.65 bits per heavy atom. The number of nitrogens with zero attached hydrogens (tertiary/aromatic N) is 3. The van der Waals surface area contributed by atoms with Crippen LogP contribution in [0.4, 0.5) is 0 Å². The van der Waals surface area contributed by atoms with Gasteiger partial charge in [-0.3, -0.25) is 4.90 Å². The van der Waals surface area contributed by atoms with Crippen molar-refractivity contribution in [1.82, 2.24) is 14.9 Å². The molecule has 1 aliphatic heterocycles. The fraction of sp³-hybridized carbons (Fsp3) is 0.667. The number of aryl methyl sites for hydroxylation is 1. The predicted molar refractivity (Wildman–Crippen MR) is 67.7 cm³/mol. The van der Waals surface area contributed by atoms with E-state index >= 15 is 0 Å². The van der Waals surface area contributed by atoms with E-state index in [0.29, 0.717) is 23.5 Å². The van der Waals surface area contributed by atoms with Gasteiger partial charge in [-0.15, -0.1) is 0 Å². The predicted octanol–water partition coefficient (Wildman–Crippen LogP) is 2.22. The van der Waals surface area contributed by atoms with Gasteiger partial charge >= 0.3 is 0 Å². The van der Waals surface area contributed by atoms with Crippen LogP contribution in [0.2, 0.25) is 5.15 Å². The van der Waals surface area contributed by atoms with Crippen LogP contribution in [0.1, 0.15) is 24.2 Å². The summed E-state index contributed by atoms with van der Waals surface area (Å²) in [6, 6.07) is 0. The molecule has 1 saturated heterocycles. The molecule has 1 aromatic heterocycles. The van der Waals surface area contributed by atoms with Crippen molar-refractivity contribution in [2.24, 2.45) is 0 Å². The van der Waals surface area contributed by atoms with Crippen LogP contribution in [-0.2, 0) is 0 Å². The number of ether oxygens (including phenoxy) is 1. The summed E-state index contributed by atoms with van der Waals surface area (Å²) in [5.74, 6) is 1.26. The molecular weight excluding hydrogens is 238 g/mol. The summed E-state index contributed by atoms with van der Waals surface area (Å²) in [5.41, 5.74) is 0.818. The lowest BCUT2D eigenvalue weighted by Gasteiger charge is -2.15. The molecule has 94 valence electrons. The number of likely N-dealkylation sites (tertiary alicyclic amines) is 1. The third-order valence-corrected chi connectivity index (χ3v) is 3.37. The fourth-order valence-electron chi connectivity index (χ4n) is 1.99. The molecule has 4 nitrogen and oxygen atoms in total. The largest absolute Gasteiger partial charge is 0.476 e. The van der Waals surface area contributed by atoms with Crippen molar-refractivity contribution in [3.63, 3.8) is 0 Å². The molecule has 0 radical (unpaired) electrons. The minimum atomic E-state index is 0.480. The first kappa shape index (κ1) is 12.6. The highest BCUT2D eigenvalue weighted by Gasteiger charge is 2.12. The molecule has 1 aliphatic rings. The Morgan fingerprint density at radius 2 is 1.94 bits per heavy atom. The Hall–Kier alpha value is -0.870. The van der Waals surface area contributed by atoms with Crippen LogP contribution in [-0.4, -0.2) is 41.1 Å². The zero-order chi connectivity index (χ0) is 12.3. The lowest BCUT2D eigenvalue weighted by Crippen LogP contribution is -2.25. The van der Waals surface area contributed by atoms with Gasteiger partial charge in [0.15, 0.2) is 0 Å². The second-order valence-electron chi connectivity index (χ2n) is 4.39. The maximum absolute atomic E-state index is 5.98. The van der Waals surface area contributed by atoms with Gasteiger partial charge in [0.25, 0.3) is 0 Å². The highest BCUT2D eigenvalue weighted by molar-refractivity contribution is 6.30. The molecule has 0 N–H and O–H groups in total. The summed E-state index contributed by atoms with van der Waals surface area (Å²) >= 11 is 5.98.